The van der Waals surface area contributed by atoms with Crippen molar-refractivity contribution in [1.82, 2.24) is 4.90 Å². The highest BCUT2D eigenvalue weighted by molar-refractivity contribution is 5.81. The lowest BCUT2D eigenvalue weighted by atomic mass is 10.0. The second-order valence-corrected chi connectivity index (χ2v) is 5.28. The van der Waals surface area contributed by atoms with Crippen LogP contribution in [-0.2, 0) is 9.59 Å². The average Bonchev–Trinajstić information content (AvgIpc) is 2.83. The molecule has 1 saturated heterocycles. The molecule has 17 heavy (non-hydrogen) atoms. The van der Waals surface area contributed by atoms with Gasteiger partial charge in [0.05, 0.1) is 5.92 Å². The molecule has 1 saturated carbocycles. The van der Waals surface area contributed by atoms with Crippen LogP contribution in [0.2, 0.25) is 0 Å². The highest BCUT2D eigenvalue weighted by Crippen LogP contribution is 2.31. The van der Waals surface area contributed by atoms with Gasteiger partial charge in [0.2, 0.25) is 5.91 Å². The minimum atomic E-state index is -0.795. The van der Waals surface area contributed by atoms with Crippen molar-refractivity contribution in [3.63, 3.8) is 0 Å². The smallest absolute Gasteiger partial charge is 0.308 e. The normalized spacial score (nSPS) is 37.4. The Kier molecular flexibility index (Phi) is 3.38. The van der Waals surface area contributed by atoms with Gasteiger partial charge < -0.3 is 15.7 Å². The highest BCUT2D eigenvalue weighted by atomic mass is 16.4. The van der Waals surface area contributed by atoms with Crippen molar-refractivity contribution in [3.05, 3.63) is 0 Å². The molecule has 0 aromatic heterocycles. The summed E-state index contributed by atoms with van der Waals surface area (Å²) in [5.74, 6) is -1.08. The molecule has 0 aromatic rings. The van der Waals surface area contributed by atoms with Gasteiger partial charge >= 0.3 is 5.97 Å². The molecule has 1 amide bonds. The first-order valence-electron chi connectivity index (χ1n) is 6.29. The van der Waals surface area contributed by atoms with Crippen LogP contribution in [-0.4, -0.2) is 40.5 Å². The number of carboxylic acids is 1. The lowest BCUT2D eigenvalue weighted by Crippen LogP contribution is -2.40. The summed E-state index contributed by atoms with van der Waals surface area (Å²) >= 11 is 0. The van der Waals surface area contributed by atoms with Gasteiger partial charge in [0.25, 0.3) is 0 Å². The lowest BCUT2D eigenvalue weighted by Gasteiger charge is -2.26. The van der Waals surface area contributed by atoms with E-state index in [9.17, 15) is 9.59 Å². The van der Waals surface area contributed by atoms with Gasteiger partial charge in [-0.1, -0.05) is 0 Å². The molecular weight excluding hydrogens is 220 g/mol. The SMILES string of the molecule is CC1C(C(=O)O)CCN1C(=O)C1CCC(N)C1. The molecule has 0 bridgehead atoms. The standard InChI is InChI=1S/C12H20N2O3/c1-7-10(12(16)17)4-5-14(7)11(15)8-2-3-9(13)6-8/h7-10H,2-6,13H2,1H3,(H,16,17). The number of hydrogen-bond acceptors (Lipinski definition) is 3. The fraction of sp³-hybridized carbons (Fsp3) is 0.833. The van der Waals surface area contributed by atoms with E-state index < -0.39 is 11.9 Å². The summed E-state index contributed by atoms with van der Waals surface area (Å²) in [6, 6.07) is -0.0473. The van der Waals surface area contributed by atoms with Gasteiger partial charge in [-0.15, -0.1) is 0 Å². The Balaban J connectivity index is 1.99. The van der Waals surface area contributed by atoms with E-state index >= 15 is 0 Å². The molecule has 2 fully saturated rings. The Bertz CT molecular complexity index is 332. The van der Waals surface area contributed by atoms with E-state index in [2.05, 4.69) is 0 Å². The predicted molar refractivity (Wildman–Crippen MR) is 62.2 cm³/mol. The van der Waals surface area contributed by atoms with Crippen LogP contribution in [0.3, 0.4) is 0 Å². The number of nitrogens with zero attached hydrogens (tertiary/aromatic N) is 1. The van der Waals surface area contributed by atoms with Crippen molar-refractivity contribution in [2.75, 3.05) is 6.54 Å². The van der Waals surface area contributed by atoms with Crippen molar-refractivity contribution in [2.24, 2.45) is 17.6 Å². The molecule has 4 atom stereocenters. The van der Waals surface area contributed by atoms with E-state index in [4.69, 9.17) is 10.8 Å². The van der Waals surface area contributed by atoms with Crippen LogP contribution in [0.5, 0.6) is 0 Å². The summed E-state index contributed by atoms with van der Waals surface area (Å²) in [5.41, 5.74) is 5.81. The number of hydrogen-bond donors (Lipinski definition) is 2. The average molecular weight is 240 g/mol. The van der Waals surface area contributed by atoms with E-state index in [1.807, 2.05) is 6.92 Å². The quantitative estimate of drug-likeness (QED) is 0.733. The second kappa shape index (κ2) is 4.64. The number of carbonyl (C=O) groups excluding carboxylic acids is 1. The predicted octanol–water partition coefficient (Wildman–Crippen LogP) is 0.435. The maximum Gasteiger partial charge on any atom is 0.308 e. The van der Waals surface area contributed by atoms with E-state index in [-0.39, 0.29) is 23.9 Å². The van der Waals surface area contributed by atoms with Gasteiger partial charge in [-0.25, -0.2) is 0 Å². The minimum absolute atomic E-state index is 0.0139. The van der Waals surface area contributed by atoms with Crippen LogP contribution in [0.4, 0.5) is 0 Å². The fourth-order valence-corrected chi connectivity index (χ4v) is 3.06. The third-order valence-electron chi connectivity index (χ3n) is 4.18. The first-order valence-corrected chi connectivity index (χ1v) is 6.29. The Morgan fingerprint density at radius 3 is 2.47 bits per heavy atom. The molecular formula is C12H20N2O3. The topological polar surface area (TPSA) is 83.6 Å². The summed E-state index contributed by atoms with van der Waals surface area (Å²) < 4.78 is 0. The van der Waals surface area contributed by atoms with Crippen LogP contribution >= 0.6 is 0 Å². The molecule has 5 heteroatoms. The Morgan fingerprint density at radius 2 is 2.00 bits per heavy atom. The highest BCUT2D eigenvalue weighted by Gasteiger charge is 2.41. The van der Waals surface area contributed by atoms with Crippen LogP contribution in [0.15, 0.2) is 0 Å². The van der Waals surface area contributed by atoms with Gasteiger partial charge in [-0.05, 0) is 32.6 Å². The second-order valence-electron chi connectivity index (χ2n) is 5.28. The van der Waals surface area contributed by atoms with E-state index in [0.717, 1.165) is 19.3 Å². The number of aliphatic carboxylic acids is 1. The Morgan fingerprint density at radius 1 is 1.29 bits per heavy atom. The molecule has 1 aliphatic heterocycles. The molecule has 0 spiro atoms. The first kappa shape index (κ1) is 12.4. The van der Waals surface area contributed by atoms with Gasteiger partial charge in [0.1, 0.15) is 0 Å². The van der Waals surface area contributed by atoms with Crippen molar-refractivity contribution < 1.29 is 14.7 Å². The zero-order chi connectivity index (χ0) is 12.6. The molecule has 96 valence electrons. The molecule has 4 unspecified atom stereocenters. The monoisotopic (exact) mass is 240 g/mol. The van der Waals surface area contributed by atoms with Crippen LogP contribution in [0, 0.1) is 11.8 Å². The fourth-order valence-electron chi connectivity index (χ4n) is 3.06. The van der Waals surface area contributed by atoms with Crippen LogP contribution < -0.4 is 5.73 Å². The minimum Gasteiger partial charge on any atom is -0.481 e. The largest absolute Gasteiger partial charge is 0.481 e. The third-order valence-corrected chi connectivity index (χ3v) is 4.18. The van der Waals surface area contributed by atoms with Gasteiger partial charge in [0, 0.05) is 24.5 Å². The molecule has 5 nitrogen and oxygen atoms in total. The maximum atomic E-state index is 12.2. The van der Waals surface area contributed by atoms with Gasteiger partial charge in [0.15, 0.2) is 0 Å². The van der Waals surface area contributed by atoms with Crippen LogP contribution in [0.1, 0.15) is 32.6 Å². The zero-order valence-corrected chi connectivity index (χ0v) is 10.1. The number of carbonyl (C=O) groups is 2. The van der Waals surface area contributed by atoms with Crippen molar-refractivity contribution in [1.29, 1.82) is 0 Å². The summed E-state index contributed by atoms with van der Waals surface area (Å²) in [6.45, 7) is 2.40. The molecule has 2 rings (SSSR count). The number of carboxylic acid groups (broad SMARTS) is 1. The van der Waals surface area contributed by atoms with E-state index in [0.29, 0.717) is 13.0 Å². The van der Waals surface area contributed by atoms with Gasteiger partial charge in [-0.3, -0.25) is 9.59 Å². The summed E-state index contributed by atoms with van der Waals surface area (Å²) in [5, 5.41) is 9.03. The van der Waals surface area contributed by atoms with Crippen molar-refractivity contribution in [3.8, 4) is 0 Å². The van der Waals surface area contributed by atoms with Crippen molar-refractivity contribution in [2.45, 2.75) is 44.7 Å². The molecule has 2 aliphatic rings. The number of amides is 1. The molecule has 1 heterocycles. The first-order chi connectivity index (χ1) is 8.00. The van der Waals surface area contributed by atoms with E-state index in [1.165, 1.54) is 0 Å². The zero-order valence-electron chi connectivity index (χ0n) is 10.1. The van der Waals surface area contributed by atoms with Gasteiger partial charge in [-0.2, -0.15) is 0 Å². The number of likely N-dealkylation sites (tertiary alicyclic amines) is 1. The Labute approximate surface area is 101 Å². The number of rotatable bonds is 2. The van der Waals surface area contributed by atoms with Crippen LogP contribution in [0.25, 0.3) is 0 Å². The van der Waals surface area contributed by atoms with E-state index in [1.54, 1.807) is 4.90 Å². The summed E-state index contributed by atoms with van der Waals surface area (Å²) in [4.78, 5) is 25.0. The number of nitrogens with two attached hydrogens (primary N) is 1. The van der Waals surface area contributed by atoms with Crippen molar-refractivity contribution >= 4 is 11.9 Å². The third kappa shape index (κ3) is 2.29. The molecule has 1 aliphatic carbocycles. The molecule has 0 radical (unpaired) electrons. The molecule has 3 N–H and O–H groups in total. The summed E-state index contributed by atoms with van der Waals surface area (Å²) in [6.07, 6.45) is 3.07. The summed E-state index contributed by atoms with van der Waals surface area (Å²) in [7, 11) is 0. The maximum absolute atomic E-state index is 12.2. The Hall–Kier alpha value is -1.10. The molecule has 0 aromatic carbocycles. The lowest BCUT2D eigenvalue weighted by molar-refractivity contribution is -0.143.